The van der Waals surface area contributed by atoms with Crippen LogP contribution in [0, 0.1) is 11.3 Å². The van der Waals surface area contributed by atoms with Crippen molar-refractivity contribution in [1.29, 1.82) is 0 Å². The normalized spacial score (nSPS) is 32.9. The molecule has 2 N–H and O–H groups in total. The molecule has 0 aromatic carbocycles. The van der Waals surface area contributed by atoms with Gasteiger partial charge in [-0.2, -0.15) is 0 Å². The van der Waals surface area contributed by atoms with E-state index in [4.69, 9.17) is 4.42 Å². The van der Waals surface area contributed by atoms with Crippen LogP contribution in [0.25, 0.3) is 0 Å². The first-order valence-electron chi connectivity index (χ1n) is 8.01. The molecule has 2 aliphatic rings. The molecule has 0 bridgehead atoms. The minimum absolute atomic E-state index is 0.0807. The second-order valence-electron chi connectivity index (χ2n) is 7.49. The molecule has 112 valence electrons. The molecule has 3 atom stereocenters. The van der Waals surface area contributed by atoms with Gasteiger partial charge in [-0.1, -0.05) is 20.3 Å². The topological polar surface area (TPSA) is 45.4 Å². The predicted octanol–water partition coefficient (Wildman–Crippen LogP) is 3.43. The molecule has 3 nitrogen and oxygen atoms in total. The number of hydrogen-bond acceptors (Lipinski definition) is 3. The molecule has 0 radical (unpaired) electrons. The van der Waals surface area contributed by atoms with Crippen LogP contribution < -0.4 is 5.32 Å². The van der Waals surface area contributed by atoms with Crippen LogP contribution in [-0.2, 0) is 6.42 Å². The van der Waals surface area contributed by atoms with Gasteiger partial charge >= 0.3 is 0 Å². The fourth-order valence-corrected chi connectivity index (χ4v) is 3.91. The lowest BCUT2D eigenvalue weighted by Gasteiger charge is -2.36. The summed E-state index contributed by atoms with van der Waals surface area (Å²) in [6, 6.07) is 2.53. The van der Waals surface area contributed by atoms with Crippen molar-refractivity contribution in [3.05, 3.63) is 23.7 Å². The Morgan fingerprint density at radius 3 is 3.05 bits per heavy atom. The van der Waals surface area contributed by atoms with Gasteiger partial charge in [0.2, 0.25) is 0 Å². The summed E-state index contributed by atoms with van der Waals surface area (Å²) in [5.74, 6) is 1.78. The molecule has 1 fully saturated rings. The fraction of sp³-hybridized carbons (Fsp3) is 0.765. The highest BCUT2D eigenvalue weighted by molar-refractivity contribution is 5.26. The summed E-state index contributed by atoms with van der Waals surface area (Å²) in [6.07, 6.45) is 8.30. The fourth-order valence-electron chi connectivity index (χ4n) is 3.91. The van der Waals surface area contributed by atoms with Crippen LogP contribution in [0.4, 0.5) is 0 Å². The van der Waals surface area contributed by atoms with Crippen LogP contribution in [0.2, 0.25) is 0 Å². The van der Waals surface area contributed by atoms with Crippen LogP contribution in [0.3, 0.4) is 0 Å². The first-order valence-corrected chi connectivity index (χ1v) is 8.01. The lowest BCUT2D eigenvalue weighted by molar-refractivity contribution is 0.0981. The monoisotopic (exact) mass is 277 g/mol. The summed E-state index contributed by atoms with van der Waals surface area (Å²) in [6.45, 7) is 5.65. The second kappa shape index (κ2) is 5.53. The van der Waals surface area contributed by atoms with Crippen molar-refractivity contribution in [1.82, 2.24) is 5.32 Å². The standard InChI is InChI=1S/C17H27NO2/c1-17(2)9-15(14-6-7-20-16(14)10-17)18-11-12-4-3-5-13(19)8-12/h6-7,12-13,15,18-19H,3-5,8-11H2,1-2H3. The van der Waals surface area contributed by atoms with E-state index >= 15 is 0 Å². The van der Waals surface area contributed by atoms with E-state index in [0.29, 0.717) is 17.4 Å². The molecule has 20 heavy (non-hydrogen) atoms. The lowest BCUT2D eigenvalue weighted by Crippen LogP contribution is -2.36. The van der Waals surface area contributed by atoms with Gasteiger partial charge in [0, 0.05) is 18.0 Å². The smallest absolute Gasteiger partial charge is 0.109 e. The average Bonchev–Trinajstić information content (AvgIpc) is 2.82. The third-order valence-electron chi connectivity index (χ3n) is 4.96. The summed E-state index contributed by atoms with van der Waals surface area (Å²) in [4.78, 5) is 0. The number of rotatable bonds is 3. The Labute approximate surface area is 121 Å². The zero-order valence-electron chi connectivity index (χ0n) is 12.7. The molecule has 3 rings (SSSR count). The Hall–Kier alpha value is -0.800. The van der Waals surface area contributed by atoms with Crippen molar-refractivity contribution in [3.8, 4) is 0 Å². The summed E-state index contributed by atoms with van der Waals surface area (Å²) >= 11 is 0. The van der Waals surface area contributed by atoms with Crippen molar-refractivity contribution in [3.63, 3.8) is 0 Å². The Morgan fingerprint density at radius 1 is 1.40 bits per heavy atom. The molecule has 2 aliphatic carbocycles. The molecular weight excluding hydrogens is 250 g/mol. The molecule has 1 aromatic rings. The molecule has 1 saturated carbocycles. The van der Waals surface area contributed by atoms with Crippen molar-refractivity contribution in [2.75, 3.05) is 6.54 Å². The van der Waals surface area contributed by atoms with Crippen LogP contribution in [0.5, 0.6) is 0 Å². The van der Waals surface area contributed by atoms with Gasteiger partial charge in [0.15, 0.2) is 0 Å². The lowest BCUT2D eigenvalue weighted by atomic mass is 9.74. The summed E-state index contributed by atoms with van der Waals surface area (Å²) < 4.78 is 5.65. The van der Waals surface area contributed by atoms with Gasteiger partial charge in [-0.3, -0.25) is 0 Å². The largest absolute Gasteiger partial charge is 0.469 e. The van der Waals surface area contributed by atoms with E-state index in [-0.39, 0.29) is 6.10 Å². The van der Waals surface area contributed by atoms with E-state index in [1.54, 1.807) is 0 Å². The highest BCUT2D eigenvalue weighted by Crippen LogP contribution is 2.41. The number of hydrogen-bond donors (Lipinski definition) is 2. The van der Waals surface area contributed by atoms with Gasteiger partial charge in [0.1, 0.15) is 5.76 Å². The Balaban J connectivity index is 1.63. The number of furan rings is 1. The van der Waals surface area contributed by atoms with Gasteiger partial charge in [-0.05, 0) is 49.6 Å². The highest BCUT2D eigenvalue weighted by atomic mass is 16.3. The Morgan fingerprint density at radius 2 is 2.25 bits per heavy atom. The van der Waals surface area contributed by atoms with Gasteiger partial charge in [0.25, 0.3) is 0 Å². The predicted molar refractivity (Wildman–Crippen MR) is 79.5 cm³/mol. The SMILES string of the molecule is CC1(C)Cc2occc2C(NCC2CCCC(O)C2)C1. The van der Waals surface area contributed by atoms with E-state index in [1.165, 1.54) is 18.4 Å². The summed E-state index contributed by atoms with van der Waals surface area (Å²) in [5.41, 5.74) is 1.65. The van der Waals surface area contributed by atoms with Crippen LogP contribution in [0.1, 0.15) is 63.3 Å². The van der Waals surface area contributed by atoms with E-state index < -0.39 is 0 Å². The van der Waals surface area contributed by atoms with Crippen LogP contribution in [0.15, 0.2) is 16.7 Å². The van der Waals surface area contributed by atoms with E-state index in [9.17, 15) is 5.11 Å². The molecule has 3 heteroatoms. The molecule has 1 heterocycles. The summed E-state index contributed by atoms with van der Waals surface area (Å²) in [7, 11) is 0. The van der Waals surface area contributed by atoms with Crippen molar-refractivity contribution < 1.29 is 9.52 Å². The molecule has 0 spiro atoms. The molecule has 1 aromatic heterocycles. The minimum atomic E-state index is -0.0807. The Kier molecular flexibility index (Phi) is 3.91. The van der Waals surface area contributed by atoms with Gasteiger partial charge in [-0.25, -0.2) is 0 Å². The second-order valence-corrected chi connectivity index (χ2v) is 7.49. The third kappa shape index (κ3) is 3.09. The van der Waals surface area contributed by atoms with E-state index in [2.05, 4.69) is 25.2 Å². The molecular formula is C17H27NO2. The van der Waals surface area contributed by atoms with Gasteiger partial charge in [0.05, 0.1) is 12.4 Å². The van der Waals surface area contributed by atoms with Crippen molar-refractivity contribution in [2.24, 2.45) is 11.3 Å². The van der Waals surface area contributed by atoms with Crippen molar-refractivity contribution >= 4 is 0 Å². The summed E-state index contributed by atoms with van der Waals surface area (Å²) in [5, 5.41) is 13.5. The average molecular weight is 277 g/mol. The first-order chi connectivity index (χ1) is 9.53. The molecule has 0 saturated heterocycles. The number of aliphatic hydroxyl groups excluding tert-OH is 1. The highest BCUT2D eigenvalue weighted by Gasteiger charge is 2.34. The molecule has 3 unspecified atom stereocenters. The van der Waals surface area contributed by atoms with Crippen molar-refractivity contribution in [2.45, 2.75) is 64.5 Å². The van der Waals surface area contributed by atoms with E-state index in [1.807, 2.05) is 6.26 Å². The minimum Gasteiger partial charge on any atom is -0.469 e. The Bertz CT molecular complexity index is 452. The zero-order chi connectivity index (χ0) is 14.2. The maximum absolute atomic E-state index is 9.78. The first kappa shape index (κ1) is 14.2. The molecule has 0 amide bonds. The third-order valence-corrected chi connectivity index (χ3v) is 4.96. The van der Waals surface area contributed by atoms with E-state index in [0.717, 1.165) is 38.0 Å². The van der Waals surface area contributed by atoms with Crippen LogP contribution >= 0.6 is 0 Å². The van der Waals surface area contributed by atoms with Gasteiger partial charge < -0.3 is 14.8 Å². The number of aliphatic hydroxyl groups is 1. The zero-order valence-corrected chi connectivity index (χ0v) is 12.7. The maximum atomic E-state index is 9.78. The van der Waals surface area contributed by atoms with Crippen LogP contribution in [-0.4, -0.2) is 17.8 Å². The molecule has 0 aliphatic heterocycles. The quantitative estimate of drug-likeness (QED) is 0.889. The maximum Gasteiger partial charge on any atom is 0.109 e. The number of fused-ring (bicyclic) bond motifs is 1. The van der Waals surface area contributed by atoms with Gasteiger partial charge in [-0.15, -0.1) is 0 Å². The number of nitrogens with one attached hydrogen (secondary N) is 1.